The minimum Gasteiger partial charge on any atom is -0.389 e. The average Bonchev–Trinajstić information content (AvgIpc) is 2.77. The van der Waals surface area contributed by atoms with Gasteiger partial charge in [0.25, 0.3) is 0 Å². The van der Waals surface area contributed by atoms with Gasteiger partial charge in [-0.05, 0) is 44.4 Å². The highest BCUT2D eigenvalue weighted by atomic mass is 16.3. The number of nitriles is 1. The normalized spacial score (nSPS) is 44.7. The highest BCUT2D eigenvalue weighted by molar-refractivity contribution is 5.18. The molecular formula is C12H19NO. The largest absolute Gasteiger partial charge is 0.389 e. The first-order valence-corrected chi connectivity index (χ1v) is 5.69. The lowest BCUT2D eigenvalue weighted by Crippen LogP contribution is -2.48. The van der Waals surface area contributed by atoms with Gasteiger partial charge in [-0.1, -0.05) is 13.3 Å². The van der Waals surface area contributed by atoms with E-state index in [2.05, 4.69) is 6.07 Å². The van der Waals surface area contributed by atoms with Gasteiger partial charge in [-0.15, -0.1) is 0 Å². The minimum atomic E-state index is -0.790. The van der Waals surface area contributed by atoms with Crippen LogP contribution >= 0.6 is 0 Å². The third kappa shape index (κ3) is 1.05. The molecule has 2 rings (SSSR count). The van der Waals surface area contributed by atoms with E-state index in [1.54, 1.807) is 0 Å². The molecule has 2 aliphatic rings. The van der Waals surface area contributed by atoms with Crippen molar-refractivity contribution in [2.75, 3.05) is 0 Å². The van der Waals surface area contributed by atoms with Gasteiger partial charge in [-0.3, -0.25) is 0 Å². The second-order valence-electron chi connectivity index (χ2n) is 5.29. The van der Waals surface area contributed by atoms with E-state index in [-0.39, 0.29) is 0 Å². The van der Waals surface area contributed by atoms with Gasteiger partial charge in [0.2, 0.25) is 0 Å². The molecule has 0 aromatic heterocycles. The molecule has 2 heteroatoms. The molecule has 0 heterocycles. The lowest BCUT2D eigenvalue weighted by atomic mass is 9.63. The third-order valence-corrected chi connectivity index (χ3v) is 4.70. The summed E-state index contributed by atoms with van der Waals surface area (Å²) in [4.78, 5) is 0. The van der Waals surface area contributed by atoms with Crippen LogP contribution in [0.1, 0.15) is 46.0 Å². The van der Waals surface area contributed by atoms with Gasteiger partial charge in [0.15, 0.2) is 0 Å². The molecule has 4 unspecified atom stereocenters. The summed E-state index contributed by atoms with van der Waals surface area (Å²) in [6.45, 7) is 3.82. The van der Waals surface area contributed by atoms with Gasteiger partial charge in [0.1, 0.15) is 0 Å². The van der Waals surface area contributed by atoms with Crippen molar-refractivity contribution < 1.29 is 5.11 Å². The predicted molar refractivity (Wildman–Crippen MR) is 54.4 cm³/mol. The Morgan fingerprint density at radius 1 is 1.57 bits per heavy atom. The topological polar surface area (TPSA) is 44.0 Å². The molecule has 2 bridgehead atoms. The van der Waals surface area contributed by atoms with Crippen LogP contribution in [0.2, 0.25) is 0 Å². The number of hydrogen-bond acceptors (Lipinski definition) is 2. The Morgan fingerprint density at radius 2 is 2.29 bits per heavy atom. The first kappa shape index (κ1) is 9.98. The lowest BCUT2D eigenvalue weighted by molar-refractivity contribution is -0.0697. The molecule has 0 radical (unpaired) electrons. The van der Waals surface area contributed by atoms with E-state index < -0.39 is 11.0 Å². The van der Waals surface area contributed by atoms with Gasteiger partial charge < -0.3 is 5.11 Å². The third-order valence-electron chi connectivity index (χ3n) is 4.70. The molecule has 2 nitrogen and oxygen atoms in total. The van der Waals surface area contributed by atoms with Gasteiger partial charge in [0, 0.05) is 0 Å². The quantitative estimate of drug-likeness (QED) is 0.732. The predicted octanol–water partition coefficient (Wildman–Crippen LogP) is 2.48. The summed E-state index contributed by atoms with van der Waals surface area (Å²) in [5, 5.41) is 19.8. The van der Waals surface area contributed by atoms with Crippen LogP contribution in [-0.4, -0.2) is 10.7 Å². The molecule has 2 saturated carbocycles. The van der Waals surface area contributed by atoms with E-state index in [1.165, 1.54) is 12.8 Å². The second kappa shape index (κ2) is 2.97. The number of nitrogens with zero attached hydrogens (tertiary/aromatic N) is 1. The number of rotatable bonds is 2. The smallest absolute Gasteiger partial charge is 0.0888 e. The summed E-state index contributed by atoms with van der Waals surface area (Å²) in [7, 11) is 0. The zero-order chi connectivity index (χ0) is 10.4. The molecule has 2 fully saturated rings. The van der Waals surface area contributed by atoms with Crippen molar-refractivity contribution in [3.8, 4) is 6.07 Å². The Hall–Kier alpha value is -0.550. The highest BCUT2D eigenvalue weighted by Crippen LogP contribution is 2.60. The molecule has 0 aromatic carbocycles. The highest BCUT2D eigenvalue weighted by Gasteiger charge is 2.59. The van der Waals surface area contributed by atoms with Crippen LogP contribution in [0.15, 0.2) is 0 Å². The minimum absolute atomic E-state index is 0.440. The van der Waals surface area contributed by atoms with Gasteiger partial charge in [0.05, 0.1) is 17.1 Å². The molecule has 2 aliphatic carbocycles. The van der Waals surface area contributed by atoms with E-state index in [4.69, 9.17) is 0 Å². The van der Waals surface area contributed by atoms with Crippen molar-refractivity contribution >= 4 is 0 Å². The Labute approximate surface area is 85.9 Å². The van der Waals surface area contributed by atoms with Crippen molar-refractivity contribution in [2.24, 2.45) is 17.3 Å². The van der Waals surface area contributed by atoms with Crippen molar-refractivity contribution in [3.63, 3.8) is 0 Å². The van der Waals surface area contributed by atoms with E-state index in [1.807, 2.05) is 13.8 Å². The molecule has 0 aliphatic heterocycles. The van der Waals surface area contributed by atoms with E-state index >= 15 is 0 Å². The molecule has 1 N–H and O–H groups in total. The zero-order valence-electron chi connectivity index (χ0n) is 9.08. The zero-order valence-corrected chi connectivity index (χ0v) is 9.08. The van der Waals surface area contributed by atoms with Gasteiger partial charge in [-0.25, -0.2) is 0 Å². The van der Waals surface area contributed by atoms with Crippen LogP contribution in [0, 0.1) is 28.6 Å². The summed E-state index contributed by atoms with van der Waals surface area (Å²) in [6, 6.07) is 2.45. The monoisotopic (exact) mass is 193 g/mol. The van der Waals surface area contributed by atoms with Crippen molar-refractivity contribution in [1.29, 1.82) is 5.26 Å². The number of aliphatic hydroxyl groups is 1. The van der Waals surface area contributed by atoms with Crippen LogP contribution in [0.25, 0.3) is 0 Å². The summed E-state index contributed by atoms with van der Waals surface area (Å²) in [5.41, 5.74) is -1.23. The Morgan fingerprint density at radius 3 is 2.64 bits per heavy atom. The summed E-state index contributed by atoms with van der Waals surface area (Å²) >= 11 is 0. The Kier molecular flexibility index (Phi) is 2.12. The van der Waals surface area contributed by atoms with E-state index in [9.17, 15) is 10.4 Å². The maximum atomic E-state index is 10.4. The second-order valence-corrected chi connectivity index (χ2v) is 5.29. The number of hydrogen-bond donors (Lipinski definition) is 1. The molecule has 0 amide bonds. The molecule has 0 aromatic rings. The van der Waals surface area contributed by atoms with Crippen LogP contribution in [-0.2, 0) is 0 Å². The standard InChI is InChI=1S/C12H19NO/c1-3-11(2,14)12(8-13)7-9-4-5-10(12)6-9/h9-10,14H,3-7H2,1-2H3. The Bertz CT molecular complexity index is 279. The molecule has 0 saturated heterocycles. The first-order valence-electron chi connectivity index (χ1n) is 5.69. The van der Waals surface area contributed by atoms with Gasteiger partial charge in [-0.2, -0.15) is 5.26 Å². The fraction of sp³-hybridized carbons (Fsp3) is 0.917. The SMILES string of the molecule is CCC(C)(O)C1(C#N)CC2CCC1C2. The first-order chi connectivity index (χ1) is 6.55. The van der Waals surface area contributed by atoms with Crippen LogP contribution < -0.4 is 0 Å². The molecule has 4 atom stereocenters. The van der Waals surface area contributed by atoms with Crippen molar-refractivity contribution in [2.45, 2.75) is 51.6 Å². The lowest BCUT2D eigenvalue weighted by Gasteiger charge is -2.42. The fourth-order valence-electron chi connectivity index (χ4n) is 3.56. The van der Waals surface area contributed by atoms with E-state index in [0.29, 0.717) is 18.3 Å². The van der Waals surface area contributed by atoms with Crippen molar-refractivity contribution in [3.05, 3.63) is 0 Å². The van der Waals surface area contributed by atoms with Crippen LogP contribution in [0.5, 0.6) is 0 Å². The maximum absolute atomic E-state index is 10.4. The summed E-state index contributed by atoms with van der Waals surface area (Å²) in [5.74, 6) is 1.16. The molecule has 78 valence electrons. The Balaban J connectivity index is 2.33. The maximum Gasteiger partial charge on any atom is 0.0888 e. The fourth-order valence-corrected chi connectivity index (χ4v) is 3.56. The average molecular weight is 193 g/mol. The van der Waals surface area contributed by atoms with Crippen LogP contribution in [0.4, 0.5) is 0 Å². The molecule has 14 heavy (non-hydrogen) atoms. The van der Waals surface area contributed by atoms with E-state index in [0.717, 1.165) is 12.8 Å². The molecule has 0 spiro atoms. The number of fused-ring (bicyclic) bond motifs is 2. The summed E-state index contributed by atoms with van der Waals surface area (Å²) < 4.78 is 0. The summed E-state index contributed by atoms with van der Waals surface area (Å²) in [6.07, 6.45) is 5.20. The van der Waals surface area contributed by atoms with Gasteiger partial charge >= 0.3 is 0 Å². The molecular weight excluding hydrogens is 174 g/mol. The van der Waals surface area contributed by atoms with Crippen molar-refractivity contribution in [1.82, 2.24) is 0 Å². The van der Waals surface area contributed by atoms with Crippen LogP contribution in [0.3, 0.4) is 0 Å².